The SMILES string of the molecule is O=C(O)C(F)(F)F.O=C(c1cccs1)N1CCOC2CC(COc3ccccn3)CC21. The number of halogens is 3. The molecule has 2 aromatic heterocycles. The molecule has 2 fully saturated rings. The molecule has 31 heavy (non-hydrogen) atoms. The number of hydrogen-bond donors (Lipinski definition) is 1. The number of hydrogen-bond acceptors (Lipinski definition) is 6. The van der Waals surface area contributed by atoms with Crippen molar-refractivity contribution in [3.63, 3.8) is 0 Å². The number of aliphatic carboxylic acids is 1. The number of ether oxygens (including phenoxy) is 2. The largest absolute Gasteiger partial charge is 0.490 e. The number of fused-ring (bicyclic) bond motifs is 1. The van der Waals surface area contributed by atoms with Gasteiger partial charge in [0.25, 0.3) is 5.91 Å². The second-order valence-electron chi connectivity index (χ2n) is 7.07. The number of carbonyl (C=O) groups excluding carboxylic acids is 1. The zero-order valence-electron chi connectivity index (χ0n) is 16.3. The third kappa shape index (κ3) is 6.17. The van der Waals surface area contributed by atoms with E-state index in [4.69, 9.17) is 19.4 Å². The first-order chi connectivity index (χ1) is 14.8. The molecule has 3 heterocycles. The maximum absolute atomic E-state index is 12.7. The number of rotatable bonds is 4. The van der Waals surface area contributed by atoms with Crippen molar-refractivity contribution < 1.29 is 37.3 Å². The van der Waals surface area contributed by atoms with Gasteiger partial charge in [-0.2, -0.15) is 13.2 Å². The van der Waals surface area contributed by atoms with Gasteiger partial charge in [-0.3, -0.25) is 4.79 Å². The van der Waals surface area contributed by atoms with Crippen molar-refractivity contribution >= 4 is 23.2 Å². The fourth-order valence-corrected chi connectivity index (χ4v) is 4.30. The molecular formula is C20H21F3N2O5S. The summed E-state index contributed by atoms with van der Waals surface area (Å²) in [4.78, 5) is 28.6. The van der Waals surface area contributed by atoms with E-state index in [1.165, 1.54) is 11.3 Å². The maximum Gasteiger partial charge on any atom is 0.490 e. The van der Waals surface area contributed by atoms with Gasteiger partial charge in [-0.1, -0.05) is 12.1 Å². The summed E-state index contributed by atoms with van der Waals surface area (Å²) >= 11 is 1.50. The Morgan fingerprint density at radius 1 is 1.26 bits per heavy atom. The fraction of sp³-hybridized carbons (Fsp3) is 0.450. The summed E-state index contributed by atoms with van der Waals surface area (Å²) in [6.07, 6.45) is -1.37. The molecule has 2 aromatic rings. The number of carbonyl (C=O) groups is 2. The highest BCUT2D eigenvalue weighted by atomic mass is 32.1. The Bertz CT molecular complexity index is 863. The van der Waals surface area contributed by atoms with E-state index in [1.54, 1.807) is 6.20 Å². The molecule has 3 atom stereocenters. The van der Waals surface area contributed by atoms with E-state index in [-0.39, 0.29) is 18.1 Å². The molecule has 0 bridgehead atoms. The third-order valence-electron chi connectivity index (χ3n) is 4.97. The number of pyridine rings is 1. The van der Waals surface area contributed by atoms with Gasteiger partial charge in [0.2, 0.25) is 5.88 Å². The molecule has 11 heteroatoms. The van der Waals surface area contributed by atoms with Gasteiger partial charge < -0.3 is 19.5 Å². The molecule has 0 aromatic carbocycles. The Labute approximate surface area is 180 Å². The van der Waals surface area contributed by atoms with Gasteiger partial charge in [0.15, 0.2) is 0 Å². The third-order valence-corrected chi connectivity index (χ3v) is 5.83. The Kier molecular flexibility index (Phi) is 7.50. The van der Waals surface area contributed by atoms with Gasteiger partial charge in [0, 0.05) is 18.8 Å². The Hall–Kier alpha value is -2.66. The van der Waals surface area contributed by atoms with Gasteiger partial charge in [-0.15, -0.1) is 11.3 Å². The molecule has 1 aliphatic heterocycles. The fourth-order valence-electron chi connectivity index (χ4n) is 3.62. The van der Waals surface area contributed by atoms with Gasteiger partial charge in [0.1, 0.15) is 0 Å². The quantitative estimate of drug-likeness (QED) is 0.755. The van der Waals surface area contributed by atoms with Crippen LogP contribution in [-0.4, -0.2) is 64.9 Å². The second-order valence-corrected chi connectivity index (χ2v) is 8.02. The standard InChI is InChI=1S/C18H20N2O3S.C2HF3O2/c21-18(16-4-3-9-24-16)20-7-8-22-15-11-13(10-14(15)20)12-23-17-5-1-2-6-19-17;3-2(4,5)1(6)7/h1-6,9,13-15H,7-8,10-12H2;(H,6,7). The van der Waals surface area contributed by atoms with Crippen LogP contribution in [0.2, 0.25) is 0 Å². The lowest BCUT2D eigenvalue weighted by molar-refractivity contribution is -0.192. The molecule has 3 unspecified atom stereocenters. The molecule has 1 amide bonds. The molecule has 2 aliphatic rings. The number of aromatic nitrogens is 1. The zero-order valence-corrected chi connectivity index (χ0v) is 17.1. The summed E-state index contributed by atoms with van der Waals surface area (Å²) in [5.74, 6) is -1.58. The van der Waals surface area contributed by atoms with Crippen molar-refractivity contribution in [3.8, 4) is 5.88 Å². The number of thiophene rings is 1. The molecule has 7 nitrogen and oxygen atoms in total. The minimum absolute atomic E-state index is 0.125. The summed E-state index contributed by atoms with van der Waals surface area (Å²) in [5.41, 5.74) is 0. The van der Waals surface area contributed by atoms with E-state index in [9.17, 15) is 18.0 Å². The van der Waals surface area contributed by atoms with Crippen LogP contribution in [0.5, 0.6) is 5.88 Å². The normalized spacial score (nSPS) is 22.8. The van der Waals surface area contributed by atoms with Crippen LogP contribution in [0.1, 0.15) is 22.5 Å². The number of amides is 1. The van der Waals surface area contributed by atoms with E-state index in [0.29, 0.717) is 31.6 Å². The molecular weight excluding hydrogens is 437 g/mol. The van der Waals surface area contributed by atoms with Gasteiger partial charge in [-0.25, -0.2) is 9.78 Å². The lowest BCUT2D eigenvalue weighted by Crippen LogP contribution is -2.51. The van der Waals surface area contributed by atoms with E-state index >= 15 is 0 Å². The molecule has 1 saturated carbocycles. The maximum atomic E-state index is 12.7. The first-order valence-electron chi connectivity index (χ1n) is 9.55. The van der Waals surface area contributed by atoms with E-state index in [2.05, 4.69) is 4.98 Å². The molecule has 0 spiro atoms. The van der Waals surface area contributed by atoms with E-state index in [1.807, 2.05) is 40.6 Å². The van der Waals surface area contributed by atoms with Crippen molar-refractivity contribution in [2.24, 2.45) is 5.92 Å². The summed E-state index contributed by atoms with van der Waals surface area (Å²) in [6.45, 7) is 1.91. The van der Waals surface area contributed by atoms with Crippen molar-refractivity contribution in [3.05, 3.63) is 46.8 Å². The summed E-state index contributed by atoms with van der Waals surface area (Å²) in [5, 5.41) is 9.07. The van der Waals surface area contributed by atoms with Crippen LogP contribution in [0.15, 0.2) is 41.9 Å². The van der Waals surface area contributed by atoms with E-state index < -0.39 is 12.1 Å². The summed E-state index contributed by atoms with van der Waals surface area (Å²) in [7, 11) is 0. The highest BCUT2D eigenvalue weighted by molar-refractivity contribution is 7.12. The molecule has 0 radical (unpaired) electrons. The van der Waals surface area contributed by atoms with Crippen LogP contribution in [0.4, 0.5) is 13.2 Å². The van der Waals surface area contributed by atoms with Gasteiger partial charge in [0.05, 0.1) is 30.2 Å². The summed E-state index contributed by atoms with van der Waals surface area (Å²) in [6, 6.07) is 9.64. The highest BCUT2D eigenvalue weighted by Crippen LogP contribution is 2.35. The van der Waals surface area contributed by atoms with Crippen LogP contribution in [0, 0.1) is 5.92 Å². The van der Waals surface area contributed by atoms with Crippen LogP contribution in [0.25, 0.3) is 0 Å². The lowest BCUT2D eigenvalue weighted by atomic mass is 10.1. The Morgan fingerprint density at radius 3 is 2.65 bits per heavy atom. The predicted molar refractivity (Wildman–Crippen MR) is 105 cm³/mol. The average Bonchev–Trinajstić information content (AvgIpc) is 3.42. The van der Waals surface area contributed by atoms with E-state index in [0.717, 1.165) is 17.7 Å². The number of morpholine rings is 1. The molecule has 1 aliphatic carbocycles. The van der Waals surface area contributed by atoms with Crippen molar-refractivity contribution in [2.45, 2.75) is 31.2 Å². The summed E-state index contributed by atoms with van der Waals surface area (Å²) < 4.78 is 43.5. The first kappa shape index (κ1) is 23.0. The average molecular weight is 458 g/mol. The zero-order chi connectivity index (χ0) is 22.4. The smallest absolute Gasteiger partial charge is 0.477 e. The van der Waals surface area contributed by atoms with Crippen LogP contribution < -0.4 is 4.74 Å². The van der Waals surface area contributed by atoms with Crippen LogP contribution in [0.3, 0.4) is 0 Å². The molecule has 1 saturated heterocycles. The highest BCUT2D eigenvalue weighted by Gasteiger charge is 2.43. The number of alkyl halides is 3. The van der Waals surface area contributed by atoms with Crippen molar-refractivity contribution in [2.75, 3.05) is 19.8 Å². The predicted octanol–water partition coefficient (Wildman–Crippen LogP) is 3.48. The van der Waals surface area contributed by atoms with Crippen molar-refractivity contribution in [1.82, 2.24) is 9.88 Å². The van der Waals surface area contributed by atoms with Gasteiger partial charge in [-0.05, 0) is 36.3 Å². The minimum Gasteiger partial charge on any atom is -0.477 e. The second kappa shape index (κ2) is 10.1. The first-order valence-corrected chi connectivity index (χ1v) is 10.4. The molecule has 1 N–H and O–H groups in total. The number of carboxylic acids is 1. The molecule has 168 valence electrons. The van der Waals surface area contributed by atoms with Crippen molar-refractivity contribution in [1.29, 1.82) is 0 Å². The topological polar surface area (TPSA) is 89.0 Å². The van der Waals surface area contributed by atoms with Crippen LogP contribution in [-0.2, 0) is 9.53 Å². The molecule has 4 rings (SSSR count). The van der Waals surface area contributed by atoms with Crippen LogP contribution >= 0.6 is 11.3 Å². The monoisotopic (exact) mass is 458 g/mol. The lowest BCUT2D eigenvalue weighted by Gasteiger charge is -2.37. The number of carboxylic acid groups (broad SMARTS) is 1. The number of nitrogens with zero attached hydrogens (tertiary/aromatic N) is 2. The van der Waals surface area contributed by atoms with Gasteiger partial charge >= 0.3 is 12.1 Å². The Balaban J connectivity index is 0.000000339. The minimum atomic E-state index is -5.08. The Morgan fingerprint density at radius 2 is 2.03 bits per heavy atom.